The van der Waals surface area contributed by atoms with E-state index in [2.05, 4.69) is 5.32 Å². The Morgan fingerprint density at radius 3 is 2.52 bits per heavy atom. The molecule has 0 radical (unpaired) electrons. The maximum absolute atomic E-state index is 13.5. The van der Waals surface area contributed by atoms with Gasteiger partial charge in [0.2, 0.25) is 5.91 Å². The summed E-state index contributed by atoms with van der Waals surface area (Å²) in [7, 11) is 0. The fourth-order valence-electron chi connectivity index (χ4n) is 1.85. The van der Waals surface area contributed by atoms with Crippen molar-refractivity contribution < 1.29 is 18.7 Å². The summed E-state index contributed by atoms with van der Waals surface area (Å²) in [4.78, 5) is 23.0. The molecule has 5 nitrogen and oxygen atoms in total. The average molecular weight is 312 g/mol. The molecule has 0 heterocycles. The minimum absolute atomic E-state index is 0.0252. The fraction of sp³-hybridized carbons (Fsp3) is 0.118. The van der Waals surface area contributed by atoms with Crippen LogP contribution >= 0.6 is 0 Å². The van der Waals surface area contributed by atoms with Gasteiger partial charge in [-0.15, -0.1) is 0 Å². The van der Waals surface area contributed by atoms with Crippen LogP contribution in [0.3, 0.4) is 0 Å². The Morgan fingerprint density at radius 2 is 1.91 bits per heavy atom. The highest BCUT2D eigenvalue weighted by atomic mass is 19.1. The van der Waals surface area contributed by atoms with E-state index in [4.69, 9.17) is 10.00 Å². The van der Waals surface area contributed by atoms with E-state index in [1.807, 2.05) is 6.07 Å². The Morgan fingerprint density at radius 1 is 1.22 bits per heavy atom. The van der Waals surface area contributed by atoms with Crippen molar-refractivity contribution >= 4 is 17.6 Å². The van der Waals surface area contributed by atoms with Crippen LogP contribution < -0.4 is 5.32 Å². The largest absolute Gasteiger partial charge is 0.457 e. The van der Waals surface area contributed by atoms with Crippen LogP contribution in [0.1, 0.15) is 28.4 Å². The van der Waals surface area contributed by atoms with Gasteiger partial charge in [0.25, 0.3) is 0 Å². The topological polar surface area (TPSA) is 79.2 Å². The Hall–Kier alpha value is -3.20. The van der Waals surface area contributed by atoms with Crippen LogP contribution in [0, 0.1) is 17.1 Å². The monoisotopic (exact) mass is 312 g/mol. The Bertz CT molecular complexity index is 779. The fourth-order valence-corrected chi connectivity index (χ4v) is 1.85. The first-order valence-electron chi connectivity index (χ1n) is 6.73. The van der Waals surface area contributed by atoms with Gasteiger partial charge >= 0.3 is 5.97 Å². The molecule has 0 aliphatic carbocycles. The molecule has 116 valence electrons. The zero-order chi connectivity index (χ0) is 16.8. The smallest absolute Gasteiger partial charge is 0.338 e. The van der Waals surface area contributed by atoms with Gasteiger partial charge < -0.3 is 10.1 Å². The first kappa shape index (κ1) is 16.2. The van der Waals surface area contributed by atoms with Gasteiger partial charge in [-0.2, -0.15) is 5.26 Å². The molecule has 2 rings (SSSR count). The van der Waals surface area contributed by atoms with E-state index in [0.29, 0.717) is 5.56 Å². The molecule has 0 aliphatic heterocycles. The second-order valence-electron chi connectivity index (χ2n) is 4.76. The highest BCUT2D eigenvalue weighted by molar-refractivity contribution is 5.93. The SMILES string of the molecule is CC(=O)Nc1cc(C(=O)OCc2ccc(C#N)cc2)ccc1F. The van der Waals surface area contributed by atoms with Crippen molar-refractivity contribution in [3.05, 3.63) is 65.0 Å². The summed E-state index contributed by atoms with van der Waals surface area (Å²) in [5.74, 6) is -1.71. The molecular weight excluding hydrogens is 299 g/mol. The van der Waals surface area contributed by atoms with Gasteiger partial charge in [0.15, 0.2) is 0 Å². The van der Waals surface area contributed by atoms with Crippen LogP contribution in [0.4, 0.5) is 10.1 Å². The summed E-state index contributed by atoms with van der Waals surface area (Å²) < 4.78 is 18.7. The Balaban J connectivity index is 2.05. The van der Waals surface area contributed by atoms with E-state index in [1.54, 1.807) is 24.3 Å². The van der Waals surface area contributed by atoms with Crippen LogP contribution in [0.5, 0.6) is 0 Å². The third kappa shape index (κ3) is 4.38. The Kier molecular flexibility index (Phi) is 5.05. The molecule has 0 atom stereocenters. The van der Waals surface area contributed by atoms with Crippen molar-refractivity contribution in [2.45, 2.75) is 13.5 Å². The van der Waals surface area contributed by atoms with Crippen molar-refractivity contribution in [1.29, 1.82) is 5.26 Å². The number of hydrogen-bond donors (Lipinski definition) is 1. The van der Waals surface area contributed by atoms with Gasteiger partial charge in [0, 0.05) is 6.92 Å². The van der Waals surface area contributed by atoms with Gasteiger partial charge in [-0.1, -0.05) is 12.1 Å². The molecular formula is C17H13FN2O3. The zero-order valence-corrected chi connectivity index (χ0v) is 12.3. The lowest BCUT2D eigenvalue weighted by Gasteiger charge is -2.08. The lowest BCUT2D eigenvalue weighted by atomic mass is 10.1. The third-order valence-corrected chi connectivity index (χ3v) is 2.97. The number of nitrogens with zero attached hydrogens (tertiary/aromatic N) is 1. The number of nitrogens with one attached hydrogen (secondary N) is 1. The number of carbonyl (C=O) groups excluding carboxylic acids is 2. The molecule has 0 unspecified atom stereocenters. The molecule has 0 aromatic heterocycles. The number of hydrogen-bond acceptors (Lipinski definition) is 4. The molecule has 6 heteroatoms. The first-order chi connectivity index (χ1) is 11.0. The molecule has 0 saturated heterocycles. The maximum Gasteiger partial charge on any atom is 0.338 e. The molecule has 0 spiro atoms. The number of esters is 1. The normalized spacial score (nSPS) is 9.78. The second kappa shape index (κ2) is 7.18. The third-order valence-electron chi connectivity index (χ3n) is 2.97. The molecule has 23 heavy (non-hydrogen) atoms. The summed E-state index contributed by atoms with van der Waals surface area (Å²) in [6.07, 6.45) is 0. The number of carbonyl (C=O) groups is 2. The molecule has 2 aromatic rings. The molecule has 0 fully saturated rings. The number of ether oxygens (including phenoxy) is 1. The number of halogens is 1. The van der Waals surface area contributed by atoms with Crippen molar-refractivity contribution in [2.75, 3.05) is 5.32 Å². The number of amides is 1. The highest BCUT2D eigenvalue weighted by Gasteiger charge is 2.12. The quantitative estimate of drug-likeness (QED) is 0.880. The number of anilines is 1. The van der Waals surface area contributed by atoms with E-state index in [1.165, 1.54) is 19.1 Å². The van der Waals surface area contributed by atoms with Gasteiger partial charge in [0.05, 0.1) is 22.9 Å². The van der Waals surface area contributed by atoms with Crippen molar-refractivity contribution in [3.8, 4) is 6.07 Å². The van der Waals surface area contributed by atoms with Gasteiger partial charge in [-0.05, 0) is 35.9 Å². The van der Waals surface area contributed by atoms with E-state index in [9.17, 15) is 14.0 Å². The molecule has 1 N–H and O–H groups in total. The zero-order valence-electron chi connectivity index (χ0n) is 12.3. The van der Waals surface area contributed by atoms with Gasteiger partial charge in [-0.3, -0.25) is 4.79 Å². The summed E-state index contributed by atoms with van der Waals surface area (Å²) in [6, 6.07) is 12.2. The summed E-state index contributed by atoms with van der Waals surface area (Å²) in [5.41, 5.74) is 1.29. The van der Waals surface area contributed by atoms with Crippen LogP contribution in [0.2, 0.25) is 0 Å². The van der Waals surface area contributed by atoms with Crippen LogP contribution in [0.15, 0.2) is 42.5 Å². The molecule has 0 saturated carbocycles. The van der Waals surface area contributed by atoms with E-state index >= 15 is 0 Å². The van der Waals surface area contributed by atoms with Crippen molar-refractivity contribution in [2.24, 2.45) is 0 Å². The van der Waals surface area contributed by atoms with Gasteiger partial charge in [-0.25, -0.2) is 9.18 Å². The first-order valence-corrected chi connectivity index (χ1v) is 6.73. The maximum atomic E-state index is 13.5. The summed E-state index contributed by atoms with van der Waals surface area (Å²) in [5, 5.41) is 11.0. The van der Waals surface area contributed by atoms with Gasteiger partial charge in [0.1, 0.15) is 12.4 Å². The second-order valence-corrected chi connectivity index (χ2v) is 4.76. The predicted molar refractivity (Wildman–Crippen MR) is 81.0 cm³/mol. The van der Waals surface area contributed by atoms with Crippen LogP contribution in [0.25, 0.3) is 0 Å². The van der Waals surface area contributed by atoms with Crippen LogP contribution in [-0.2, 0) is 16.1 Å². The summed E-state index contributed by atoms with van der Waals surface area (Å²) in [6.45, 7) is 1.27. The summed E-state index contributed by atoms with van der Waals surface area (Å²) >= 11 is 0. The number of rotatable bonds is 4. The molecule has 0 aliphatic rings. The molecule has 0 bridgehead atoms. The minimum Gasteiger partial charge on any atom is -0.457 e. The average Bonchev–Trinajstić information content (AvgIpc) is 2.54. The minimum atomic E-state index is -0.638. The number of nitriles is 1. The van der Waals surface area contributed by atoms with E-state index in [0.717, 1.165) is 11.6 Å². The molecule has 2 aromatic carbocycles. The standard InChI is InChI=1S/C17H13FN2O3/c1-11(21)20-16-8-14(6-7-15(16)18)17(22)23-10-13-4-2-12(9-19)3-5-13/h2-8H,10H2,1H3,(H,20,21). The molecule has 1 amide bonds. The Labute approximate surface area is 132 Å². The van der Waals surface area contributed by atoms with E-state index in [-0.39, 0.29) is 17.9 Å². The lowest BCUT2D eigenvalue weighted by molar-refractivity contribution is -0.114. The predicted octanol–water partition coefficient (Wildman–Crippen LogP) is 3.01. The number of benzene rings is 2. The van der Waals surface area contributed by atoms with Crippen molar-refractivity contribution in [3.63, 3.8) is 0 Å². The lowest BCUT2D eigenvalue weighted by Crippen LogP contribution is -2.10. The highest BCUT2D eigenvalue weighted by Crippen LogP contribution is 2.17. The van der Waals surface area contributed by atoms with E-state index < -0.39 is 17.7 Å². The van der Waals surface area contributed by atoms with Crippen molar-refractivity contribution in [1.82, 2.24) is 0 Å². The van der Waals surface area contributed by atoms with Crippen LogP contribution in [-0.4, -0.2) is 11.9 Å².